The van der Waals surface area contributed by atoms with Gasteiger partial charge in [0.05, 0.1) is 17.0 Å². The van der Waals surface area contributed by atoms with Crippen molar-refractivity contribution in [1.29, 1.82) is 0 Å². The molecule has 0 radical (unpaired) electrons. The van der Waals surface area contributed by atoms with Gasteiger partial charge in [-0.1, -0.05) is 50.4 Å². The van der Waals surface area contributed by atoms with Crippen molar-refractivity contribution in [3.63, 3.8) is 0 Å². The van der Waals surface area contributed by atoms with E-state index in [0.717, 1.165) is 66.6 Å². The van der Waals surface area contributed by atoms with Crippen LogP contribution in [0.3, 0.4) is 0 Å². The van der Waals surface area contributed by atoms with Gasteiger partial charge in [0.1, 0.15) is 5.82 Å². The molecule has 0 saturated carbocycles. The number of carboxylic acids is 1. The average molecular weight is 413 g/mol. The summed E-state index contributed by atoms with van der Waals surface area (Å²) in [6, 6.07) is 14.2. The molecule has 2 aromatic carbocycles. The van der Waals surface area contributed by atoms with Crippen molar-refractivity contribution >= 4 is 28.6 Å². The van der Waals surface area contributed by atoms with E-state index in [1.54, 1.807) is 0 Å². The number of rotatable bonds is 10. The number of benzene rings is 2. The van der Waals surface area contributed by atoms with E-state index in [4.69, 9.17) is 16.6 Å². The molecule has 1 atom stereocenters. The number of aromatic nitrogens is 2. The number of nitrogens with zero attached hydrogens (tertiary/aromatic N) is 2. The van der Waals surface area contributed by atoms with Crippen molar-refractivity contribution < 1.29 is 9.90 Å². The fraction of sp³-hybridized carbons (Fsp3) is 0.417. The van der Waals surface area contributed by atoms with Gasteiger partial charge in [-0.2, -0.15) is 0 Å². The summed E-state index contributed by atoms with van der Waals surface area (Å²) in [4.78, 5) is 16.2. The molecule has 0 amide bonds. The first-order valence-corrected chi connectivity index (χ1v) is 10.9. The second-order valence-corrected chi connectivity index (χ2v) is 8.07. The van der Waals surface area contributed by atoms with Gasteiger partial charge >= 0.3 is 5.97 Å². The van der Waals surface area contributed by atoms with Crippen LogP contribution in [0.2, 0.25) is 5.02 Å². The summed E-state index contributed by atoms with van der Waals surface area (Å²) in [7, 11) is 0. The van der Waals surface area contributed by atoms with Gasteiger partial charge in [-0.25, -0.2) is 4.98 Å². The zero-order chi connectivity index (χ0) is 20.8. The fourth-order valence-electron chi connectivity index (χ4n) is 3.78. The van der Waals surface area contributed by atoms with Crippen molar-refractivity contribution in [2.45, 2.75) is 58.8 Å². The Balaban J connectivity index is 1.86. The minimum absolute atomic E-state index is 0.264. The monoisotopic (exact) mass is 412 g/mol. The number of aryl methyl sites for hydroxylation is 2. The molecule has 3 aromatic rings. The molecule has 1 heterocycles. The largest absolute Gasteiger partial charge is 0.481 e. The summed E-state index contributed by atoms with van der Waals surface area (Å²) in [5.74, 6) is 0.0941. The highest BCUT2D eigenvalue weighted by Gasteiger charge is 2.16. The number of halogens is 1. The van der Waals surface area contributed by atoms with E-state index in [1.807, 2.05) is 25.1 Å². The summed E-state index contributed by atoms with van der Waals surface area (Å²) in [5, 5.41) is 10.1. The first-order chi connectivity index (χ1) is 14.0. The van der Waals surface area contributed by atoms with E-state index >= 15 is 0 Å². The molecule has 4 nitrogen and oxygen atoms in total. The SMILES string of the molecule is CCCCc1nc2ccc(Cl)cc2n1-c1ccc(CCC(CCC)C(=O)O)cc1. The van der Waals surface area contributed by atoms with Crippen LogP contribution in [-0.2, 0) is 17.6 Å². The predicted molar refractivity (Wildman–Crippen MR) is 119 cm³/mol. The lowest BCUT2D eigenvalue weighted by atomic mass is 9.95. The molecular weight excluding hydrogens is 384 g/mol. The molecule has 3 rings (SSSR count). The first kappa shape index (κ1) is 21.4. The van der Waals surface area contributed by atoms with Crippen LogP contribution in [0.4, 0.5) is 0 Å². The molecule has 0 spiro atoms. The molecule has 1 N–H and O–H groups in total. The highest BCUT2D eigenvalue weighted by Crippen LogP contribution is 2.26. The molecule has 0 saturated heterocycles. The molecule has 0 aliphatic carbocycles. The maximum Gasteiger partial charge on any atom is 0.306 e. The van der Waals surface area contributed by atoms with Crippen LogP contribution in [0, 0.1) is 5.92 Å². The lowest BCUT2D eigenvalue weighted by molar-refractivity contribution is -0.142. The van der Waals surface area contributed by atoms with Crippen LogP contribution in [-0.4, -0.2) is 20.6 Å². The Morgan fingerprint density at radius 2 is 1.83 bits per heavy atom. The molecule has 1 aromatic heterocycles. The van der Waals surface area contributed by atoms with Gasteiger partial charge in [-0.3, -0.25) is 9.36 Å². The standard InChI is InChI=1S/C24H29ClN2O2/c1-3-5-7-23-26-21-15-12-19(25)16-22(21)27(23)20-13-9-17(10-14-20)8-11-18(6-4-2)24(28)29/h9-10,12-16,18H,3-8,11H2,1-2H3,(H,28,29). The van der Waals surface area contributed by atoms with E-state index in [-0.39, 0.29) is 5.92 Å². The van der Waals surface area contributed by atoms with E-state index in [2.05, 4.69) is 35.8 Å². The minimum atomic E-state index is -0.689. The van der Waals surface area contributed by atoms with E-state index in [9.17, 15) is 9.90 Å². The topological polar surface area (TPSA) is 55.1 Å². The maximum absolute atomic E-state index is 11.4. The van der Waals surface area contributed by atoms with Crippen molar-refractivity contribution in [3.8, 4) is 5.69 Å². The number of carboxylic acid groups (broad SMARTS) is 1. The molecule has 0 aliphatic rings. The highest BCUT2D eigenvalue weighted by molar-refractivity contribution is 6.31. The number of aliphatic carboxylic acids is 1. The van der Waals surface area contributed by atoms with Crippen LogP contribution in [0.25, 0.3) is 16.7 Å². The first-order valence-electron chi connectivity index (χ1n) is 10.5. The van der Waals surface area contributed by atoms with Crippen molar-refractivity contribution in [1.82, 2.24) is 9.55 Å². The van der Waals surface area contributed by atoms with Gasteiger partial charge in [-0.15, -0.1) is 0 Å². The number of unbranched alkanes of at least 4 members (excludes halogenated alkanes) is 1. The number of imidazole rings is 1. The van der Waals surface area contributed by atoms with Crippen molar-refractivity contribution in [3.05, 3.63) is 58.9 Å². The Bertz CT molecular complexity index is 963. The molecular formula is C24H29ClN2O2. The Kier molecular flexibility index (Phi) is 7.32. The number of fused-ring (bicyclic) bond motifs is 1. The van der Waals surface area contributed by atoms with Crippen LogP contribution < -0.4 is 0 Å². The maximum atomic E-state index is 11.4. The third-order valence-corrected chi connectivity index (χ3v) is 5.64. The van der Waals surface area contributed by atoms with Gasteiger partial charge in [0.25, 0.3) is 0 Å². The van der Waals surface area contributed by atoms with Crippen molar-refractivity contribution in [2.24, 2.45) is 5.92 Å². The van der Waals surface area contributed by atoms with Gasteiger partial charge in [0, 0.05) is 17.1 Å². The zero-order valence-electron chi connectivity index (χ0n) is 17.2. The van der Waals surface area contributed by atoms with E-state index < -0.39 is 5.97 Å². The molecule has 0 aliphatic heterocycles. The molecule has 0 fully saturated rings. The Labute approximate surface area is 177 Å². The molecule has 5 heteroatoms. The normalized spacial score (nSPS) is 12.4. The molecule has 1 unspecified atom stereocenters. The summed E-state index contributed by atoms with van der Waals surface area (Å²) < 4.78 is 2.19. The van der Waals surface area contributed by atoms with E-state index in [1.165, 1.54) is 0 Å². The minimum Gasteiger partial charge on any atom is -0.481 e. The number of hydrogen-bond donors (Lipinski definition) is 1. The van der Waals surface area contributed by atoms with E-state index in [0.29, 0.717) is 11.4 Å². The van der Waals surface area contributed by atoms with Gasteiger partial charge < -0.3 is 5.11 Å². The van der Waals surface area contributed by atoms with Crippen LogP contribution in [0.5, 0.6) is 0 Å². The Hall–Kier alpha value is -2.33. The highest BCUT2D eigenvalue weighted by atomic mass is 35.5. The van der Waals surface area contributed by atoms with Crippen molar-refractivity contribution in [2.75, 3.05) is 0 Å². The third kappa shape index (κ3) is 5.18. The van der Waals surface area contributed by atoms with Crippen LogP contribution in [0.15, 0.2) is 42.5 Å². The second-order valence-electron chi connectivity index (χ2n) is 7.63. The summed E-state index contributed by atoms with van der Waals surface area (Å²) in [6.45, 7) is 4.21. The fourth-order valence-corrected chi connectivity index (χ4v) is 3.95. The Morgan fingerprint density at radius 1 is 1.07 bits per heavy atom. The lowest BCUT2D eigenvalue weighted by Crippen LogP contribution is -2.14. The van der Waals surface area contributed by atoms with Crippen LogP contribution in [0.1, 0.15) is 57.3 Å². The number of carbonyl (C=O) groups is 1. The molecule has 154 valence electrons. The predicted octanol–water partition coefficient (Wildman–Crippen LogP) is 6.46. The third-order valence-electron chi connectivity index (χ3n) is 5.40. The van der Waals surface area contributed by atoms with Gasteiger partial charge in [-0.05, 0) is 61.6 Å². The molecule has 0 bridgehead atoms. The average Bonchev–Trinajstić information content (AvgIpc) is 3.07. The summed E-state index contributed by atoms with van der Waals surface area (Å²) >= 11 is 6.25. The Morgan fingerprint density at radius 3 is 2.48 bits per heavy atom. The lowest BCUT2D eigenvalue weighted by Gasteiger charge is -2.12. The quantitative estimate of drug-likeness (QED) is 0.416. The second kappa shape index (κ2) is 9.93. The summed E-state index contributed by atoms with van der Waals surface area (Å²) in [6.07, 6.45) is 6.20. The van der Waals surface area contributed by atoms with Gasteiger partial charge in [0.2, 0.25) is 0 Å². The van der Waals surface area contributed by atoms with Gasteiger partial charge in [0.15, 0.2) is 0 Å². The van der Waals surface area contributed by atoms with Crippen LogP contribution >= 0.6 is 11.6 Å². The molecule has 29 heavy (non-hydrogen) atoms. The number of hydrogen-bond acceptors (Lipinski definition) is 2. The summed E-state index contributed by atoms with van der Waals surface area (Å²) in [5.41, 5.74) is 4.19. The smallest absolute Gasteiger partial charge is 0.306 e. The zero-order valence-corrected chi connectivity index (χ0v) is 18.0.